The zero-order chi connectivity index (χ0) is 8.43. The summed E-state index contributed by atoms with van der Waals surface area (Å²) in [5.41, 5.74) is 0. The van der Waals surface area contributed by atoms with E-state index in [1.54, 1.807) is 0 Å². The maximum Gasteiger partial charge on any atom is 0.157 e. The Kier molecular flexibility index (Phi) is 2.80. The van der Waals surface area contributed by atoms with Crippen LogP contribution >= 0.6 is 0 Å². The topological polar surface area (TPSA) is 90.2 Å². The van der Waals surface area contributed by atoms with Crippen LogP contribution in [0.1, 0.15) is 6.42 Å². The van der Waals surface area contributed by atoms with Gasteiger partial charge in [0, 0.05) is 6.42 Å². The molecule has 1 saturated heterocycles. The largest absolute Gasteiger partial charge is 0.394 e. The van der Waals surface area contributed by atoms with Crippen molar-refractivity contribution in [2.75, 3.05) is 6.61 Å². The molecule has 5 heteroatoms. The number of hydrogen-bond acceptors (Lipinski definition) is 5. The van der Waals surface area contributed by atoms with Crippen molar-refractivity contribution in [1.82, 2.24) is 0 Å². The summed E-state index contributed by atoms with van der Waals surface area (Å²) in [5, 5.41) is 35.6. The van der Waals surface area contributed by atoms with E-state index in [1.165, 1.54) is 0 Å². The fourth-order valence-electron chi connectivity index (χ4n) is 1.08. The van der Waals surface area contributed by atoms with Crippen molar-refractivity contribution in [3.8, 4) is 0 Å². The Balaban J connectivity index is 2.51. The second kappa shape index (κ2) is 3.46. The molecule has 66 valence electrons. The maximum absolute atomic E-state index is 9.11. The Labute approximate surface area is 63.8 Å². The van der Waals surface area contributed by atoms with Crippen LogP contribution in [-0.2, 0) is 4.74 Å². The third kappa shape index (κ3) is 1.88. The molecule has 4 N–H and O–H groups in total. The summed E-state index contributed by atoms with van der Waals surface area (Å²) >= 11 is 0. The monoisotopic (exact) mass is 166 g/mol. The molecule has 4 unspecified atom stereocenters. The van der Waals surface area contributed by atoms with Crippen molar-refractivity contribution >= 4 is 0 Å². The van der Waals surface area contributed by atoms with Crippen LogP contribution in [0.3, 0.4) is 0 Å². The molecule has 0 aliphatic carbocycles. The first-order valence-corrected chi connectivity index (χ1v) is 3.45. The predicted molar refractivity (Wildman–Crippen MR) is 34.6 cm³/mol. The third-order valence-electron chi connectivity index (χ3n) is 1.73. The minimum atomic E-state index is -1.11. The lowest BCUT2D eigenvalue weighted by Crippen LogP contribution is -2.49. The van der Waals surface area contributed by atoms with Crippen LogP contribution in [0.15, 0.2) is 0 Å². The number of hydrogen-bond donors (Lipinski definition) is 4. The van der Waals surface area contributed by atoms with E-state index in [1.807, 2.05) is 0 Å². The Bertz CT molecular complexity index is 128. The van der Waals surface area contributed by atoms with E-state index >= 15 is 0 Å². The van der Waals surface area contributed by atoms with E-state index in [0.29, 0.717) is 0 Å². The quantitative estimate of drug-likeness (QED) is 0.355. The van der Waals surface area contributed by atoms with Crippen molar-refractivity contribution in [2.24, 2.45) is 0 Å². The highest BCUT2D eigenvalue weighted by Crippen LogP contribution is 2.18. The van der Waals surface area contributed by atoms with Gasteiger partial charge in [-0.3, -0.25) is 0 Å². The van der Waals surface area contributed by atoms with Crippen molar-refractivity contribution in [1.29, 1.82) is 0 Å². The number of aliphatic hydroxyl groups excluding tert-OH is 4. The summed E-state index contributed by atoms with van der Waals surface area (Å²) < 4.78 is 4.71. The van der Waals surface area contributed by atoms with Crippen LogP contribution in [0.2, 0.25) is 0 Å². The molecule has 0 amide bonds. The summed E-state index contributed by atoms with van der Waals surface area (Å²) in [4.78, 5) is 0. The van der Waals surface area contributed by atoms with E-state index < -0.39 is 31.2 Å². The van der Waals surface area contributed by atoms with Gasteiger partial charge in [0.1, 0.15) is 12.2 Å². The van der Waals surface area contributed by atoms with Gasteiger partial charge in [0.15, 0.2) is 6.29 Å². The molecule has 1 fully saturated rings. The molecule has 5 nitrogen and oxygen atoms in total. The second-order valence-electron chi connectivity index (χ2n) is 2.61. The molecule has 0 aromatic rings. The molecule has 11 heavy (non-hydrogen) atoms. The summed E-state index contributed by atoms with van der Waals surface area (Å²) in [7, 11) is 0. The number of aliphatic hydroxyl groups is 4. The van der Waals surface area contributed by atoms with Crippen LogP contribution in [0.5, 0.6) is 0 Å². The first-order valence-electron chi connectivity index (χ1n) is 3.45. The lowest BCUT2D eigenvalue weighted by molar-refractivity contribution is -0.239. The van der Waals surface area contributed by atoms with Crippen LogP contribution in [-0.4, -0.2) is 51.6 Å². The van der Waals surface area contributed by atoms with Crippen molar-refractivity contribution in [3.63, 3.8) is 0 Å². The smallest absolute Gasteiger partial charge is 0.157 e. The second-order valence-corrected chi connectivity index (χ2v) is 2.61. The van der Waals surface area contributed by atoms with E-state index in [9.17, 15) is 0 Å². The highest BCUT2D eigenvalue weighted by Gasteiger charge is 2.35. The molecule has 0 aromatic carbocycles. The standard InChI is InChI=1S/C6H12O5/c7-2-4-6(10)3(8)1-5(9)11-4/h3-10H,1-2H2/i5+2. The van der Waals surface area contributed by atoms with Gasteiger partial charge in [0.05, 0.1) is 12.7 Å². The van der Waals surface area contributed by atoms with Crippen LogP contribution in [0.4, 0.5) is 0 Å². The summed E-state index contributed by atoms with van der Waals surface area (Å²) in [6, 6.07) is 0. The zero-order valence-electron chi connectivity index (χ0n) is 5.92. The van der Waals surface area contributed by atoms with Gasteiger partial charge in [-0.15, -0.1) is 0 Å². The van der Waals surface area contributed by atoms with Gasteiger partial charge in [-0.25, -0.2) is 0 Å². The fourth-order valence-corrected chi connectivity index (χ4v) is 1.08. The molecular formula is C6H12O5. The molecule has 0 bridgehead atoms. The lowest BCUT2D eigenvalue weighted by atomic mass is 10.1. The average molecular weight is 166 g/mol. The van der Waals surface area contributed by atoms with Crippen molar-refractivity contribution < 1.29 is 25.2 Å². The molecule has 1 rings (SSSR count). The highest BCUT2D eigenvalue weighted by molar-refractivity contribution is 4.81. The van der Waals surface area contributed by atoms with Crippen molar-refractivity contribution in [3.05, 3.63) is 0 Å². The minimum absolute atomic E-state index is 0.0162. The van der Waals surface area contributed by atoms with E-state index in [4.69, 9.17) is 25.2 Å². The van der Waals surface area contributed by atoms with E-state index in [0.717, 1.165) is 0 Å². The van der Waals surface area contributed by atoms with Gasteiger partial charge in [-0.1, -0.05) is 0 Å². The van der Waals surface area contributed by atoms with Gasteiger partial charge in [0.25, 0.3) is 0 Å². The van der Waals surface area contributed by atoms with Gasteiger partial charge >= 0.3 is 0 Å². The van der Waals surface area contributed by atoms with Gasteiger partial charge < -0.3 is 25.2 Å². The van der Waals surface area contributed by atoms with Gasteiger partial charge in [-0.05, 0) is 0 Å². The fraction of sp³-hybridized carbons (Fsp3) is 1.00. The third-order valence-corrected chi connectivity index (χ3v) is 1.73. The molecule has 0 spiro atoms. The maximum atomic E-state index is 9.11. The molecule has 0 radical (unpaired) electrons. The Morgan fingerprint density at radius 3 is 2.64 bits per heavy atom. The van der Waals surface area contributed by atoms with E-state index in [-0.39, 0.29) is 6.42 Å². The first-order chi connectivity index (χ1) is 5.15. The Hall–Kier alpha value is -0.200. The molecular weight excluding hydrogens is 154 g/mol. The minimum Gasteiger partial charge on any atom is -0.394 e. The Morgan fingerprint density at radius 2 is 2.09 bits per heavy atom. The summed E-state index contributed by atoms with van der Waals surface area (Å²) in [6.07, 6.45) is -4.11. The molecule has 1 aliphatic rings. The summed E-state index contributed by atoms with van der Waals surface area (Å²) in [5.74, 6) is 0. The summed E-state index contributed by atoms with van der Waals surface area (Å²) in [6.45, 7) is -0.407. The molecule has 4 atom stereocenters. The zero-order valence-corrected chi connectivity index (χ0v) is 5.92. The van der Waals surface area contributed by atoms with Gasteiger partial charge in [0.2, 0.25) is 0 Å². The number of ether oxygens (including phenoxy) is 1. The molecule has 0 saturated carbocycles. The normalized spacial score (nSPS) is 45.8. The van der Waals surface area contributed by atoms with Crippen LogP contribution in [0, 0.1) is 0 Å². The van der Waals surface area contributed by atoms with Crippen LogP contribution < -0.4 is 0 Å². The van der Waals surface area contributed by atoms with Gasteiger partial charge in [-0.2, -0.15) is 0 Å². The molecule has 1 heterocycles. The van der Waals surface area contributed by atoms with Crippen LogP contribution in [0.25, 0.3) is 0 Å². The molecule has 0 aromatic heterocycles. The highest BCUT2D eigenvalue weighted by atomic mass is 16.9. The van der Waals surface area contributed by atoms with Crippen molar-refractivity contribution in [2.45, 2.75) is 31.0 Å². The predicted octanol–water partition coefficient (Wildman–Crippen LogP) is -2.19. The number of rotatable bonds is 1. The van der Waals surface area contributed by atoms with E-state index in [2.05, 4.69) is 0 Å². The first kappa shape index (κ1) is 8.89. The SMILES string of the molecule is OCC1O[14CH](O)CC(O)C1O. The Morgan fingerprint density at radius 1 is 1.45 bits per heavy atom. The molecule has 1 aliphatic heterocycles. The average Bonchev–Trinajstić information content (AvgIpc) is 1.96. The lowest BCUT2D eigenvalue weighted by Gasteiger charge is -2.33.